The number of benzene rings is 2. The van der Waals surface area contributed by atoms with Gasteiger partial charge in [0.25, 0.3) is 5.91 Å². The van der Waals surface area contributed by atoms with E-state index < -0.39 is 0 Å². The number of methoxy groups -OCH3 is 3. The fourth-order valence-electron chi connectivity index (χ4n) is 2.47. The van der Waals surface area contributed by atoms with Gasteiger partial charge in [0, 0.05) is 6.54 Å². The minimum Gasteiger partial charge on any atom is -0.497 e. The summed E-state index contributed by atoms with van der Waals surface area (Å²) >= 11 is 0. The Balaban J connectivity index is 2.04. The molecule has 0 aliphatic rings. The van der Waals surface area contributed by atoms with Crippen molar-refractivity contribution in [1.82, 2.24) is 5.32 Å². The van der Waals surface area contributed by atoms with Crippen molar-refractivity contribution in [1.29, 1.82) is 0 Å². The standard InChI is InChI=1S/C19H23NO4/c1-13-10-18(24-4)16(12-17(13)23-3)19(21)20-9-8-14-6-5-7-15(11-14)22-2/h5-7,10-12H,8-9H2,1-4H3,(H,20,21). The summed E-state index contributed by atoms with van der Waals surface area (Å²) in [5.41, 5.74) is 2.48. The summed E-state index contributed by atoms with van der Waals surface area (Å²) in [5.74, 6) is 1.82. The van der Waals surface area contributed by atoms with Crippen LogP contribution in [0.25, 0.3) is 0 Å². The Morgan fingerprint density at radius 3 is 2.42 bits per heavy atom. The van der Waals surface area contributed by atoms with Crippen LogP contribution in [0.4, 0.5) is 0 Å². The SMILES string of the molecule is COc1cccc(CCNC(=O)c2cc(OC)c(C)cc2OC)c1. The van der Waals surface area contributed by atoms with E-state index in [-0.39, 0.29) is 5.91 Å². The maximum atomic E-state index is 12.4. The normalized spacial score (nSPS) is 10.2. The van der Waals surface area contributed by atoms with Gasteiger partial charge in [-0.15, -0.1) is 0 Å². The van der Waals surface area contributed by atoms with Gasteiger partial charge in [-0.3, -0.25) is 4.79 Å². The van der Waals surface area contributed by atoms with Crippen LogP contribution < -0.4 is 19.5 Å². The van der Waals surface area contributed by atoms with Gasteiger partial charge < -0.3 is 19.5 Å². The molecule has 0 aliphatic carbocycles. The Hall–Kier alpha value is -2.69. The highest BCUT2D eigenvalue weighted by Gasteiger charge is 2.15. The van der Waals surface area contributed by atoms with E-state index in [9.17, 15) is 4.79 Å². The van der Waals surface area contributed by atoms with Crippen LogP contribution in [0, 0.1) is 6.92 Å². The van der Waals surface area contributed by atoms with Gasteiger partial charge in [-0.1, -0.05) is 12.1 Å². The highest BCUT2D eigenvalue weighted by atomic mass is 16.5. The predicted octanol–water partition coefficient (Wildman–Crippen LogP) is 2.99. The fourth-order valence-corrected chi connectivity index (χ4v) is 2.47. The van der Waals surface area contributed by atoms with Crippen LogP contribution in [0.15, 0.2) is 36.4 Å². The topological polar surface area (TPSA) is 56.8 Å². The van der Waals surface area contributed by atoms with Gasteiger partial charge in [-0.25, -0.2) is 0 Å². The van der Waals surface area contributed by atoms with Crippen LogP contribution in [0.3, 0.4) is 0 Å². The molecule has 2 aromatic carbocycles. The molecule has 0 bridgehead atoms. The molecule has 1 N–H and O–H groups in total. The summed E-state index contributed by atoms with van der Waals surface area (Å²) in [4.78, 5) is 12.4. The number of carbonyl (C=O) groups is 1. The van der Waals surface area contributed by atoms with Crippen LogP contribution in [0.5, 0.6) is 17.2 Å². The van der Waals surface area contributed by atoms with Crippen LogP contribution in [-0.4, -0.2) is 33.8 Å². The number of nitrogens with one attached hydrogen (secondary N) is 1. The number of carbonyl (C=O) groups excluding carboxylic acids is 1. The molecule has 128 valence electrons. The number of hydrogen-bond acceptors (Lipinski definition) is 4. The van der Waals surface area contributed by atoms with Crippen molar-refractivity contribution in [2.45, 2.75) is 13.3 Å². The Kier molecular flexibility index (Phi) is 6.07. The van der Waals surface area contributed by atoms with Crippen molar-refractivity contribution in [2.75, 3.05) is 27.9 Å². The highest BCUT2D eigenvalue weighted by Crippen LogP contribution is 2.28. The second kappa shape index (κ2) is 8.24. The number of aryl methyl sites for hydroxylation is 1. The third-order valence-corrected chi connectivity index (χ3v) is 3.79. The molecular weight excluding hydrogens is 306 g/mol. The van der Waals surface area contributed by atoms with Crippen molar-refractivity contribution in [3.63, 3.8) is 0 Å². The molecule has 5 heteroatoms. The molecule has 1 amide bonds. The van der Waals surface area contributed by atoms with Crippen LogP contribution in [0.1, 0.15) is 21.5 Å². The molecule has 24 heavy (non-hydrogen) atoms. The number of ether oxygens (including phenoxy) is 3. The minimum atomic E-state index is -0.187. The second-order valence-corrected chi connectivity index (χ2v) is 5.38. The van der Waals surface area contributed by atoms with E-state index in [4.69, 9.17) is 14.2 Å². The van der Waals surface area contributed by atoms with Gasteiger partial charge in [-0.2, -0.15) is 0 Å². The summed E-state index contributed by atoms with van der Waals surface area (Å²) in [7, 11) is 4.77. The smallest absolute Gasteiger partial charge is 0.255 e. The zero-order valence-electron chi connectivity index (χ0n) is 14.5. The summed E-state index contributed by atoms with van der Waals surface area (Å²) in [6.07, 6.45) is 0.717. The third kappa shape index (κ3) is 4.19. The van der Waals surface area contributed by atoms with Crippen molar-refractivity contribution in [3.8, 4) is 17.2 Å². The van der Waals surface area contributed by atoms with Crippen LogP contribution >= 0.6 is 0 Å². The average molecular weight is 329 g/mol. The molecule has 2 rings (SSSR count). The van der Waals surface area contributed by atoms with Gasteiger partial charge in [0.15, 0.2) is 0 Å². The molecule has 0 saturated carbocycles. The predicted molar refractivity (Wildman–Crippen MR) is 93.3 cm³/mol. The Labute approximate surface area is 142 Å². The van der Waals surface area contributed by atoms with Gasteiger partial charge in [0.05, 0.1) is 26.9 Å². The lowest BCUT2D eigenvalue weighted by atomic mass is 10.1. The fraction of sp³-hybridized carbons (Fsp3) is 0.316. The van der Waals surface area contributed by atoms with E-state index in [1.165, 1.54) is 0 Å². The van der Waals surface area contributed by atoms with E-state index >= 15 is 0 Å². The van der Waals surface area contributed by atoms with Crippen molar-refractivity contribution < 1.29 is 19.0 Å². The zero-order chi connectivity index (χ0) is 17.5. The molecule has 0 spiro atoms. The highest BCUT2D eigenvalue weighted by molar-refractivity contribution is 5.97. The molecule has 0 saturated heterocycles. The second-order valence-electron chi connectivity index (χ2n) is 5.38. The summed E-state index contributed by atoms with van der Waals surface area (Å²) in [6, 6.07) is 11.3. The van der Waals surface area contributed by atoms with Crippen LogP contribution in [0.2, 0.25) is 0 Å². The minimum absolute atomic E-state index is 0.187. The molecule has 0 unspecified atom stereocenters. The molecule has 5 nitrogen and oxygen atoms in total. The Morgan fingerprint density at radius 1 is 1.00 bits per heavy atom. The van der Waals surface area contributed by atoms with E-state index in [2.05, 4.69) is 5.32 Å². The summed E-state index contributed by atoms with van der Waals surface area (Å²) < 4.78 is 15.8. The summed E-state index contributed by atoms with van der Waals surface area (Å²) in [6.45, 7) is 2.43. The number of rotatable bonds is 7. The average Bonchev–Trinajstić information content (AvgIpc) is 2.61. The lowest BCUT2D eigenvalue weighted by Gasteiger charge is -2.13. The van der Waals surface area contributed by atoms with E-state index in [0.29, 0.717) is 30.0 Å². The zero-order valence-corrected chi connectivity index (χ0v) is 14.5. The van der Waals surface area contributed by atoms with E-state index in [1.807, 2.05) is 31.2 Å². The summed E-state index contributed by atoms with van der Waals surface area (Å²) in [5, 5.41) is 2.92. The van der Waals surface area contributed by atoms with Gasteiger partial charge in [-0.05, 0) is 48.7 Å². The van der Waals surface area contributed by atoms with Crippen LogP contribution in [-0.2, 0) is 6.42 Å². The lowest BCUT2D eigenvalue weighted by molar-refractivity contribution is 0.0950. The molecule has 2 aromatic rings. The molecule has 0 heterocycles. The number of hydrogen-bond donors (Lipinski definition) is 1. The first-order valence-electron chi connectivity index (χ1n) is 7.72. The molecule has 0 fully saturated rings. The van der Waals surface area contributed by atoms with Crippen molar-refractivity contribution in [2.24, 2.45) is 0 Å². The lowest BCUT2D eigenvalue weighted by Crippen LogP contribution is -2.26. The molecule has 0 atom stereocenters. The molecule has 0 aromatic heterocycles. The maximum Gasteiger partial charge on any atom is 0.255 e. The first kappa shape index (κ1) is 17.7. The number of amides is 1. The molecular formula is C19H23NO4. The van der Waals surface area contributed by atoms with E-state index in [0.717, 1.165) is 16.9 Å². The Bertz CT molecular complexity index is 713. The Morgan fingerprint density at radius 2 is 1.75 bits per heavy atom. The van der Waals surface area contributed by atoms with Crippen molar-refractivity contribution >= 4 is 5.91 Å². The molecule has 0 radical (unpaired) electrons. The van der Waals surface area contributed by atoms with Gasteiger partial charge in [0.1, 0.15) is 17.2 Å². The van der Waals surface area contributed by atoms with Crippen molar-refractivity contribution in [3.05, 3.63) is 53.1 Å². The maximum absolute atomic E-state index is 12.4. The largest absolute Gasteiger partial charge is 0.497 e. The first-order chi connectivity index (χ1) is 11.6. The van der Waals surface area contributed by atoms with Gasteiger partial charge >= 0.3 is 0 Å². The quantitative estimate of drug-likeness (QED) is 0.848. The third-order valence-electron chi connectivity index (χ3n) is 3.79. The van der Waals surface area contributed by atoms with E-state index in [1.54, 1.807) is 33.5 Å². The first-order valence-corrected chi connectivity index (χ1v) is 7.72. The van der Waals surface area contributed by atoms with Gasteiger partial charge in [0.2, 0.25) is 0 Å². The molecule has 0 aliphatic heterocycles. The monoisotopic (exact) mass is 329 g/mol.